The van der Waals surface area contributed by atoms with Crippen LogP contribution in [-0.2, 0) is 4.79 Å². The van der Waals surface area contributed by atoms with Crippen molar-refractivity contribution in [1.29, 1.82) is 0 Å². The summed E-state index contributed by atoms with van der Waals surface area (Å²) >= 11 is 0. The van der Waals surface area contributed by atoms with Crippen molar-refractivity contribution >= 4 is 5.91 Å². The molecule has 0 radical (unpaired) electrons. The van der Waals surface area contributed by atoms with E-state index in [4.69, 9.17) is 5.73 Å². The first kappa shape index (κ1) is 18.4. The Labute approximate surface area is 119 Å². The molecular weight excluding hydrogens is 238 g/mol. The molecular formula is C15H33N3O. The van der Waals surface area contributed by atoms with Crippen molar-refractivity contribution in [3.8, 4) is 0 Å². The number of likely N-dealkylation sites (N-methyl/N-ethyl adjacent to an activating group) is 1. The van der Waals surface area contributed by atoms with Crippen molar-refractivity contribution in [3.63, 3.8) is 0 Å². The molecule has 0 aliphatic carbocycles. The summed E-state index contributed by atoms with van der Waals surface area (Å²) in [6.45, 7) is 11.4. The van der Waals surface area contributed by atoms with E-state index >= 15 is 0 Å². The molecule has 2 unspecified atom stereocenters. The monoisotopic (exact) mass is 271 g/mol. The minimum atomic E-state index is -0.105. The van der Waals surface area contributed by atoms with E-state index in [1.165, 1.54) is 0 Å². The van der Waals surface area contributed by atoms with Gasteiger partial charge in [-0.2, -0.15) is 0 Å². The normalized spacial score (nSPS) is 15.7. The zero-order valence-corrected chi connectivity index (χ0v) is 13.8. The highest BCUT2D eigenvalue weighted by Crippen LogP contribution is 2.19. The molecule has 3 N–H and O–H groups in total. The third-order valence-electron chi connectivity index (χ3n) is 3.22. The summed E-state index contributed by atoms with van der Waals surface area (Å²) in [5, 5.41) is 3.12. The summed E-state index contributed by atoms with van der Waals surface area (Å²) < 4.78 is 0. The zero-order valence-electron chi connectivity index (χ0n) is 13.8. The third kappa shape index (κ3) is 9.00. The molecule has 0 bridgehead atoms. The molecule has 0 aliphatic heterocycles. The Morgan fingerprint density at radius 3 is 2.16 bits per heavy atom. The Hall–Kier alpha value is -0.610. The van der Waals surface area contributed by atoms with Gasteiger partial charge in [0.25, 0.3) is 0 Å². The number of hydrogen-bond donors (Lipinski definition) is 2. The van der Waals surface area contributed by atoms with Crippen LogP contribution in [0.4, 0.5) is 0 Å². The van der Waals surface area contributed by atoms with Crippen LogP contribution in [0.25, 0.3) is 0 Å². The lowest BCUT2D eigenvalue weighted by atomic mass is 9.85. The standard InChI is InChI=1S/C15H33N3O/c1-11(2)8-12(10-18(6)7)17-14(19)9-13(16)15(3,4)5/h11-13H,8-10,16H2,1-7H3,(H,17,19). The number of hydrogen-bond acceptors (Lipinski definition) is 3. The van der Waals surface area contributed by atoms with Gasteiger partial charge in [-0.25, -0.2) is 0 Å². The van der Waals surface area contributed by atoms with E-state index in [-0.39, 0.29) is 23.4 Å². The number of carbonyl (C=O) groups is 1. The lowest BCUT2D eigenvalue weighted by Crippen LogP contribution is -2.46. The molecule has 0 aromatic rings. The molecule has 19 heavy (non-hydrogen) atoms. The first-order valence-electron chi connectivity index (χ1n) is 7.22. The molecule has 0 heterocycles. The topological polar surface area (TPSA) is 58.4 Å². The van der Waals surface area contributed by atoms with Gasteiger partial charge in [-0.3, -0.25) is 4.79 Å². The second-order valence-corrected chi connectivity index (χ2v) is 7.33. The van der Waals surface area contributed by atoms with Gasteiger partial charge in [0.1, 0.15) is 0 Å². The Morgan fingerprint density at radius 1 is 1.26 bits per heavy atom. The van der Waals surface area contributed by atoms with Gasteiger partial charge in [0, 0.05) is 25.0 Å². The Bertz CT molecular complexity index is 259. The van der Waals surface area contributed by atoms with Crippen LogP contribution >= 0.6 is 0 Å². The molecule has 114 valence electrons. The van der Waals surface area contributed by atoms with Gasteiger partial charge in [-0.05, 0) is 31.8 Å². The van der Waals surface area contributed by atoms with Crippen molar-refractivity contribution in [2.75, 3.05) is 20.6 Å². The van der Waals surface area contributed by atoms with E-state index in [1.54, 1.807) is 0 Å². The van der Waals surface area contributed by atoms with E-state index in [2.05, 4.69) is 44.8 Å². The highest BCUT2D eigenvalue weighted by molar-refractivity contribution is 5.77. The number of nitrogens with one attached hydrogen (secondary N) is 1. The van der Waals surface area contributed by atoms with Crippen molar-refractivity contribution in [1.82, 2.24) is 10.2 Å². The van der Waals surface area contributed by atoms with Crippen molar-refractivity contribution in [2.45, 2.75) is 59.5 Å². The predicted octanol–water partition coefficient (Wildman–Crippen LogP) is 1.84. The van der Waals surface area contributed by atoms with Gasteiger partial charge >= 0.3 is 0 Å². The number of nitrogens with zero attached hydrogens (tertiary/aromatic N) is 1. The molecule has 2 atom stereocenters. The predicted molar refractivity (Wildman–Crippen MR) is 82.0 cm³/mol. The fourth-order valence-electron chi connectivity index (χ4n) is 1.98. The van der Waals surface area contributed by atoms with Crippen LogP contribution in [0, 0.1) is 11.3 Å². The summed E-state index contributed by atoms with van der Waals surface area (Å²) in [6, 6.07) is 0.0984. The second-order valence-electron chi connectivity index (χ2n) is 7.33. The zero-order chi connectivity index (χ0) is 15.2. The van der Waals surface area contributed by atoms with E-state index in [0.29, 0.717) is 12.3 Å². The second kappa shape index (κ2) is 7.85. The molecule has 4 nitrogen and oxygen atoms in total. The highest BCUT2D eigenvalue weighted by atomic mass is 16.1. The molecule has 0 saturated heterocycles. The highest BCUT2D eigenvalue weighted by Gasteiger charge is 2.24. The summed E-state index contributed by atoms with van der Waals surface area (Å²) in [5.41, 5.74) is 6.02. The SMILES string of the molecule is CC(C)CC(CN(C)C)NC(=O)CC(N)C(C)(C)C. The molecule has 0 saturated carbocycles. The molecule has 0 rings (SSSR count). The number of amides is 1. The van der Waals surface area contributed by atoms with Gasteiger partial charge < -0.3 is 16.0 Å². The van der Waals surface area contributed by atoms with Gasteiger partial charge in [0.15, 0.2) is 0 Å². The third-order valence-corrected chi connectivity index (χ3v) is 3.22. The molecule has 4 heteroatoms. The minimum Gasteiger partial charge on any atom is -0.352 e. The Kier molecular flexibility index (Phi) is 7.60. The maximum absolute atomic E-state index is 12.1. The summed E-state index contributed by atoms with van der Waals surface area (Å²) in [6.07, 6.45) is 1.39. The van der Waals surface area contributed by atoms with Gasteiger partial charge in [-0.15, -0.1) is 0 Å². The largest absolute Gasteiger partial charge is 0.352 e. The first-order chi connectivity index (χ1) is 8.52. The van der Waals surface area contributed by atoms with Crippen LogP contribution in [0.5, 0.6) is 0 Å². The van der Waals surface area contributed by atoms with Gasteiger partial charge in [-0.1, -0.05) is 34.6 Å². The Balaban J connectivity index is 4.38. The molecule has 0 aromatic heterocycles. The smallest absolute Gasteiger partial charge is 0.221 e. The fraction of sp³-hybridized carbons (Fsp3) is 0.933. The Morgan fingerprint density at radius 2 is 1.79 bits per heavy atom. The fourth-order valence-corrected chi connectivity index (χ4v) is 1.98. The van der Waals surface area contributed by atoms with Crippen LogP contribution in [0.1, 0.15) is 47.5 Å². The maximum atomic E-state index is 12.1. The van der Waals surface area contributed by atoms with Crippen LogP contribution in [0.15, 0.2) is 0 Å². The van der Waals surface area contributed by atoms with Crippen LogP contribution in [-0.4, -0.2) is 43.5 Å². The molecule has 0 aromatic carbocycles. The van der Waals surface area contributed by atoms with Crippen LogP contribution < -0.4 is 11.1 Å². The van der Waals surface area contributed by atoms with E-state index in [0.717, 1.165) is 13.0 Å². The van der Waals surface area contributed by atoms with Crippen molar-refractivity contribution in [3.05, 3.63) is 0 Å². The van der Waals surface area contributed by atoms with E-state index < -0.39 is 0 Å². The molecule has 1 amide bonds. The van der Waals surface area contributed by atoms with Gasteiger partial charge in [0.05, 0.1) is 0 Å². The summed E-state index contributed by atoms with van der Waals surface area (Å²) in [4.78, 5) is 14.2. The number of nitrogens with two attached hydrogens (primary N) is 1. The molecule has 0 aliphatic rings. The number of carbonyl (C=O) groups excluding carboxylic acids is 1. The first-order valence-corrected chi connectivity index (χ1v) is 7.22. The summed E-state index contributed by atoms with van der Waals surface area (Å²) in [5.74, 6) is 0.636. The van der Waals surface area contributed by atoms with Crippen molar-refractivity contribution in [2.24, 2.45) is 17.1 Å². The van der Waals surface area contributed by atoms with E-state index in [1.807, 2.05) is 14.1 Å². The quantitative estimate of drug-likeness (QED) is 0.743. The maximum Gasteiger partial charge on any atom is 0.221 e. The molecule has 0 spiro atoms. The number of rotatable bonds is 7. The lowest BCUT2D eigenvalue weighted by molar-refractivity contribution is -0.122. The van der Waals surface area contributed by atoms with Crippen LogP contribution in [0.3, 0.4) is 0 Å². The average molecular weight is 271 g/mol. The average Bonchev–Trinajstić information content (AvgIpc) is 2.12. The van der Waals surface area contributed by atoms with E-state index in [9.17, 15) is 4.79 Å². The van der Waals surface area contributed by atoms with Gasteiger partial charge in [0.2, 0.25) is 5.91 Å². The van der Waals surface area contributed by atoms with Crippen molar-refractivity contribution < 1.29 is 4.79 Å². The molecule has 0 fully saturated rings. The lowest BCUT2D eigenvalue weighted by Gasteiger charge is -2.28. The summed E-state index contributed by atoms with van der Waals surface area (Å²) in [7, 11) is 4.06. The minimum absolute atomic E-state index is 0.0353. The van der Waals surface area contributed by atoms with Crippen LogP contribution in [0.2, 0.25) is 0 Å².